The number of carbonyl (C=O) groups excluding carboxylic acids is 3. The van der Waals surface area contributed by atoms with Crippen molar-refractivity contribution < 1.29 is 38.6 Å². The SMILES string of the molecule is CCSCCOC(=O)C1=C(C)NC2=C(C(=O)[C@H](C(=O)OC)[C@H](C)C2)[C@@H]1c1cc(OC)c(O)c([N+](=O)[O-])c1. The Labute approximate surface area is 218 Å². The summed E-state index contributed by atoms with van der Waals surface area (Å²) < 4.78 is 15.5. The van der Waals surface area contributed by atoms with Gasteiger partial charge in [-0.2, -0.15) is 11.8 Å². The number of nitrogens with one attached hydrogen (secondary N) is 1. The minimum Gasteiger partial charge on any atom is -0.500 e. The number of ether oxygens (including phenoxy) is 3. The number of phenols is 1. The lowest BCUT2D eigenvalue weighted by Gasteiger charge is -2.38. The Kier molecular flexibility index (Phi) is 8.85. The van der Waals surface area contributed by atoms with Crippen molar-refractivity contribution in [1.29, 1.82) is 0 Å². The van der Waals surface area contributed by atoms with Crippen molar-refractivity contribution in [2.75, 3.05) is 32.3 Å². The fourth-order valence-corrected chi connectivity index (χ4v) is 5.26. The van der Waals surface area contributed by atoms with E-state index in [2.05, 4.69) is 5.32 Å². The van der Waals surface area contributed by atoms with Gasteiger partial charge < -0.3 is 24.6 Å². The first-order chi connectivity index (χ1) is 17.6. The number of hydrogen-bond donors (Lipinski definition) is 2. The third-order valence-corrected chi connectivity index (χ3v) is 7.32. The highest BCUT2D eigenvalue weighted by Gasteiger charge is 2.47. The van der Waals surface area contributed by atoms with Gasteiger partial charge in [0.2, 0.25) is 5.75 Å². The number of ketones is 1. The smallest absolute Gasteiger partial charge is 0.336 e. The molecule has 3 rings (SSSR count). The number of nitro groups is 1. The number of nitrogens with zero attached hydrogens (tertiary/aromatic N) is 1. The monoisotopic (exact) mass is 534 g/mol. The van der Waals surface area contributed by atoms with Crippen LogP contribution in [-0.2, 0) is 23.9 Å². The van der Waals surface area contributed by atoms with Crippen LogP contribution in [0.4, 0.5) is 5.69 Å². The van der Waals surface area contributed by atoms with Crippen molar-refractivity contribution in [3.63, 3.8) is 0 Å². The molecule has 0 radical (unpaired) electrons. The number of methoxy groups -OCH3 is 2. The van der Waals surface area contributed by atoms with Gasteiger partial charge in [0.1, 0.15) is 12.5 Å². The molecular weight excluding hydrogens is 504 g/mol. The molecule has 0 saturated heterocycles. The summed E-state index contributed by atoms with van der Waals surface area (Å²) in [6.45, 7) is 5.51. The molecule has 0 aromatic heterocycles. The van der Waals surface area contributed by atoms with E-state index in [-0.39, 0.29) is 35.0 Å². The fourth-order valence-electron chi connectivity index (χ4n) is 4.78. The predicted octanol–water partition coefficient (Wildman–Crippen LogP) is 3.22. The number of rotatable bonds is 9. The van der Waals surface area contributed by atoms with Gasteiger partial charge in [-0.1, -0.05) is 13.8 Å². The normalized spacial score (nSPS) is 21.2. The van der Waals surface area contributed by atoms with Gasteiger partial charge in [-0.15, -0.1) is 0 Å². The molecule has 0 bridgehead atoms. The second kappa shape index (κ2) is 11.7. The first kappa shape index (κ1) is 28.0. The Hall–Kier alpha value is -3.54. The van der Waals surface area contributed by atoms with Crippen LogP contribution in [0.5, 0.6) is 11.5 Å². The molecule has 12 heteroatoms. The van der Waals surface area contributed by atoms with E-state index in [9.17, 15) is 29.6 Å². The number of benzene rings is 1. The molecule has 2 N–H and O–H groups in total. The highest BCUT2D eigenvalue weighted by atomic mass is 32.2. The van der Waals surface area contributed by atoms with Crippen LogP contribution in [0.2, 0.25) is 0 Å². The van der Waals surface area contributed by atoms with Crippen LogP contribution in [0.25, 0.3) is 0 Å². The van der Waals surface area contributed by atoms with Crippen molar-refractivity contribution in [2.24, 2.45) is 11.8 Å². The van der Waals surface area contributed by atoms with E-state index in [1.54, 1.807) is 25.6 Å². The number of nitro benzene ring substituents is 1. The van der Waals surface area contributed by atoms with E-state index in [4.69, 9.17) is 14.2 Å². The number of thioether (sulfide) groups is 1. The maximum Gasteiger partial charge on any atom is 0.336 e. The van der Waals surface area contributed by atoms with Crippen LogP contribution >= 0.6 is 11.8 Å². The van der Waals surface area contributed by atoms with Gasteiger partial charge >= 0.3 is 17.6 Å². The quantitative estimate of drug-likeness (QED) is 0.158. The topological polar surface area (TPSA) is 154 Å². The lowest BCUT2D eigenvalue weighted by atomic mass is 9.69. The third kappa shape index (κ3) is 5.43. The fraction of sp³-hybridized carbons (Fsp3) is 0.480. The molecule has 200 valence electrons. The molecule has 37 heavy (non-hydrogen) atoms. The second-order valence-electron chi connectivity index (χ2n) is 8.72. The van der Waals surface area contributed by atoms with Crippen LogP contribution in [-0.4, -0.2) is 60.1 Å². The lowest BCUT2D eigenvalue weighted by molar-refractivity contribution is -0.386. The second-order valence-corrected chi connectivity index (χ2v) is 10.1. The van der Waals surface area contributed by atoms with E-state index >= 15 is 0 Å². The van der Waals surface area contributed by atoms with Crippen LogP contribution in [0.3, 0.4) is 0 Å². The van der Waals surface area contributed by atoms with Crippen LogP contribution in [0.1, 0.15) is 38.7 Å². The van der Waals surface area contributed by atoms with Crippen molar-refractivity contribution in [1.82, 2.24) is 5.32 Å². The predicted molar refractivity (Wildman–Crippen MR) is 135 cm³/mol. The Morgan fingerprint density at radius 2 is 2.00 bits per heavy atom. The number of Topliss-reactive ketones (excluding diaryl/α,β-unsaturated/α-hetero) is 1. The number of allylic oxidation sites excluding steroid dienone is 3. The Morgan fingerprint density at radius 1 is 1.30 bits per heavy atom. The third-order valence-electron chi connectivity index (χ3n) is 6.46. The van der Waals surface area contributed by atoms with Gasteiger partial charge in [-0.05, 0) is 36.6 Å². The standard InChI is InChI=1S/C25H30N2O9S/c1-6-37-8-7-36-25(31)19-13(3)26-15-9-12(2)18(24(30)35-5)23(29)21(15)20(19)14-10-16(27(32)33)22(28)17(11-14)34-4/h10-12,18,20,26,28H,6-9H2,1-5H3/t12-,18-,20-/m1/s1. The van der Waals surface area contributed by atoms with E-state index < -0.39 is 45.9 Å². The summed E-state index contributed by atoms with van der Waals surface area (Å²) in [5.41, 5.74) is 0.637. The summed E-state index contributed by atoms with van der Waals surface area (Å²) in [5.74, 6) is -4.03. The molecule has 0 fully saturated rings. The van der Waals surface area contributed by atoms with Crippen LogP contribution in [0.15, 0.2) is 34.7 Å². The molecule has 3 atom stereocenters. The first-order valence-electron chi connectivity index (χ1n) is 11.7. The summed E-state index contributed by atoms with van der Waals surface area (Å²) in [6, 6.07) is 2.44. The molecule has 1 aliphatic heterocycles. The van der Waals surface area contributed by atoms with Crippen LogP contribution in [0, 0.1) is 22.0 Å². The molecule has 0 amide bonds. The van der Waals surface area contributed by atoms with Gasteiger partial charge in [0.05, 0.1) is 24.7 Å². The highest BCUT2D eigenvalue weighted by molar-refractivity contribution is 7.99. The summed E-state index contributed by atoms with van der Waals surface area (Å²) in [6.07, 6.45) is 0.307. The highest BCUT2D eigenvalue weighted by Crippen LogP contribution is 2.48. The zero-order valence-corrected chi connectivity index (χ0v) is 22.1. The zero-order chi connectivity index (χ0) is 27.4. The van der Waals surface area contributed by atoms with Gasteiger partial charge in [-0.3, -0.25) is 19.7 Å². The molecule has 11 nitrogen and oxygen atoms in total. The van der Waals surface area contributed by atoms with Gasteiger partial charge in [-0.25, -0.2) is 4.79 Å². The van der Waals surface area contributed by atoms with Crippen molar-refractivity contribution in [2.45, 2.75) is 33.1 Å². The number of esters is 2. The zero-order valence-electron chi connectivity index (χ0n) is 21.3. The van der Waals surface area contributed by atoms with Gasteiger partial charge in [0.25, 0.3) is 0 Å². The summed E-state index contributed by atoms with van der Waals surface area (Å²) in [5, 5.41) is 25.2. The maximum absolute atomic E-state index is 13.8. The molecule has 1 aromatic carbocycles. The molecule has 0 saturated carbocycles. The number of hydrogen-bond acceptors (Lipinski definition) is 11. The first-order valence-corrected chi connectivity index (χ1v) is 12.9. The molecule has 0 spiro atoms. The number of phenolic OH excluding ortho intramolecular Hbond substituents is 1. The van der Waals surface area contributed by atoms with Gasteiger partial charge in [0, 0.05) is 34.7 Å². The number of aromatic hydroxyl groups is 1. The molecular formula is C25H30N2O9S. The molecule has 2 aliphatic rings. The Bertz CT molecular complexity index is 1190. The van der Waals surface area contributed by atoms with Crippen LogP contribution < -0.4 is 10.1 Å². The van der Waals surface area contributed by atoms with E-state index in [0.29, 0.717) is 23.6 Å². The molecule has 1 aliphatic carbocycles. The average molecular weight is 535 g/mol. The van der Waals surface area contributed by atoms with E-state index in [1.807, 2.05) is 6.92 Å². The lowest BCUT2D eigenvalue weighted by Crippen LogP contribution is -2.43. The van der Waals surface area contributed by atoms with Gasteiger partial charge in [0.15, 0.2) is 11.5 Å². The molecule has 1 aromatic rings. The largest absolute Gasteiger partial charge is 0.500 e. The van der Waals surface area contributed by atoms with Crippen molar-refractivity contribution >= 4 is 35.2 Å². The Morgan fingerprint density at radius 3 is 2.59 bits per heavy atom. The maximum atomic E-state index is 13.8. The van der Waals surface area contributed by atoms with E-state index in [0.717, 1.165) is 11.8 Å². The van der Waals surface area contributed by atoms with Crippen molar-refractivity contribution in [3.05, 3.63) is 50.4 Å². The summed E-state index contributed by atoms with van der Waals surface area (Å²) in [4.78, 5) is 50.6. The van der Waals surface area contributed by atoms with Crippen molar-refractivity contribution in [3.8, 4) is 11.5 Å². The summed E-state index contributed by atoms with van der Waals surface area (Å²) >= 11 is 1.59. The molecule has 1 heterocycles. The average Bonchev–Trinajstić information content (AvgIpc) is 2.85. The van der Waals surface area contributed by atoms with E-state index in [1.165, 1.54) is 20.3 Å². The molecule has 0 unspecified atom stereocenters. The number of dihydropyridines is 1. The summed E-state index contributed by atoms with van der Waals surface area (Å²) in [7, 11) is 2.43. The minimum absolute atomic E-state index is 0.0776. The Balaban J connectivity index is 2.22. The minimum atomic E-state index is -1.11. The number of carbonyl (C=O) groups is 3.